The zero-order valence-electron chi connectivity index (χ0n) is 15.4. The average molecular weight is 343 g/mol. The molecule has 0 aromatic heterocycles. The van der Waals surface area contributed by atoms with Crippen LogP contribution in [0.3, 0.4) is 0 Å². The minimum Gasteiger partial charge on any atom is -0.373 e. The molecule has 24 heavy (non-hydrogen) atoms. The highest BCUT2D eigenvalue weighted by Gasteiger charge is 2.43. The molecule has 0 amide bonds. The topological polar surface area (TPSA) is 9.23 Å². The van der Waals surface area contributed by atoms with Crippen molar-refractivity contribution in [3.05, 3.63) is 41.8 Å². The maximum Gasteiger partial charge on any atom is 0.391 e. The molecule has 1 radical (unpaired) electrons. The Morgan fingerprint density at radius 1 is 1.04 bits per heavy atom. The van der Waals surface area contributed by atoms with Gasteiger partial charge in [-0.1, -0.05) is 65.0 Å². The quantitative estimate of drug-likeness (QED) is 0.501. The highest BCUT2D eigenvalue weighted by molar-refractivity contribution is 5.13. The van der Waals surface area contributed by atoms with Gasteiger partial charge < -0.3 is 4.74 Å². The first-order chi connectivity index (χ1) is 11.1. The Balaban J connectivity index is 2.81. The number of halogens is 3. The lowest BCUT2D eigenvalue weighted by atomic mass is 9.81. The summed E-state index contributed by atoms with van der Waals surface area (Å²) < 4.78 is 45.4. The Kier molecular flexibility index (Phi) is 8.28. The van der Waals surface area contributed by atoms with Gasteiger partial charge in [0, 0.05) is 0 Å². The number of hydrogen-bond acceptors (Lipinski definition) is 1. The molecule has 0 aliphatic heterocycles. The van der Waals surface area contributed by atoms with Gasteiger partial charge in [0.05, 0.1) is 18.6 Å². The van der Waals surface area contributed by atoms with Gasteiger partial charge in [-0.15, -0.1) is 0 Å². The fourth-order valence-corrected chi connectivity index (χ4v) is 2.86. The molecule has 0 aliphatic rings. The highest BCUT2D eigenvalue weighted by Crippen LogP contribution is 2.37. The van der Waals surface area contributed by atoms with Gasteiger partial charge in [-0.25, -0.2) is 0 Å². The summed E-state index contributed by atoms with van der Waals surface area (Å²) in [6, 6.07) is 9.60. The Labute approximate surface area is 144 Å². The number of hydrogen-bond donors (Lipinski definition) is 0. The van der Waals surface area contributed by atoms with E-state index in [1.807, 2.05) is 51.1 Å². The van der Waals surface area contributed by atoms with Crippen LogP contribution in [0.2, 0.25) is 0 Å². The molecule has 0 N–H and O–H groups in total. The van der Waals surface area contributed by atoms with E-state index in [0.717, 1.165) is 18.4 Å². The third-order valence-electron chi connectivity index (χ3n) is 4.77. The van der Waals surface area contributed by atoms with Crippen LogP contribution in [0.25, 0.3) is 0 Å². The van der Waals surface area contributed by atoms with Gasteiger partial charge in [0.1, 0.15) is 0 Å². The SMILES string of the molecule is C[C](C)CCC(C)C(OCc1ccccc1)C(C)C(C)C(F)(F)F. The monoisotopic (exact) mass is 343 g/mol. The lowest BCUT2D eigenvalue weighted by Crippen LogP contribution is -2.38. The first-order valence-electron chi connectivity index (χ1n) is 8.64. The molecule has 0 heterocycles. The molecule has 4 unspecified atom stereocenters. The number of rotatable bonds is 9. The van der Waals surface area contributed by atoms with E-state index < -0.39 is 24.1 Å². The van der Waals surface area contributed by atoms with Gasteiger partial charge in [0.25, 0.3) is 0 Å². The molecule has 1 nitrogen and oxygen atoms in total. The third kappa shape index (κ3) is 6.84. The molecule has 0 bridgehead atoms. The molecular formula is C20H30F3O. The fourth-order valence-electron chi connectivity index (χ4n) is 2.86. The van der Waals surface area contributed by atoms with E-state index in [-0.39, 0.29) is 5.92 Å². The predicted molar refractivity (Wildman–Crippen MR) is 92.4 cm³/mol. The van der Waals surface area contributed by atoms with Crippen LogP contribution in [0.5, 0.6) is 0 Å². The Hall–Kier alpha value is -1.03. The molecule has 0 saturated heterocycles. The van der Waals surface area contributed by atoms with Crippen molar-refractivity contribution in [1.82, 2.24) is 0 Å². The van der Waals surface area contributed by atoms with Crippen LogP contribution in [0, 0.1) is 23.7 Å². The van der Waals surface area contributed by atoms with Gasteiger partial charge in [0.15, 0.2) is 0 Å². The minimum atomic E-state index is -4.19. The summed E-state index contributed by atoms with van der Waals surface area (Å²) >= 11 is 0. The Bertz CT molecular complexity index is 456. The zero-order valence-corrected chi connectivity index (χ0v) is 15.4. The molecule has 1 aromatic rings. The lowest BCUT2D eigenvalue weighted by Gasteiger charge is -2.34. The molecule has 0 spiro atoms. The number of alkyl halides is 3. The summed E-state index contributed by atoms with van der Waals surface area (Å²) in [6.07, 6.45) is -2.85. The molecule has 1 rings (SSSR count). The molecular weight excluding hydrogens is 313 g/mol. The minimum absolute atomic E-state index is 0.0726. The lowest BCUT2D eigenvalue weighted by molar-refractivity contribution is -0.198. The third-order valence-corrected chi connectivity index (χ3v) is 4.77. The van der Waals surface area contributed by atoms with E-state index in [1.54, 1.807) is 6.92 Å². The van der Waals surface area contributed by atoms with Crippen molar-refractivity contribution in [2.24, 2.45) is 17.8 Å². The largest absolute Gasteiger partial charge is 0.391 e. The second-order valence-corrected chi connectivity index (χ2v) is 7.17. The summed E-state index contributed by atoms with van der Waals surface area (Å²) in [5, 5.41) is 0. The molecule has 4 heteroatoms. The fraction of sp³-hybridized carbons (Fsp3) is 0.650. The van der Waals surface area contributed by atoms with Crippen molar-refractivity contribution in [3.8, 4) is 0 Å². The first-order valence-corrected chi connectivity index (χ1v) is 8.64. The first kappa shape index (κ1) is 21.0. The van der Waals surface area contributed by atoms with Crippen molar-refractivity contribution in [2.45, 2.75) is 66.3 Å². The molecule has 137 valence electrons. The average Bonchev–Trinajstić information content (AvgIpc) is 2.52. The van der Waals surface area contributed by atoms with Crippen LogP contribution in [-0.2, 0) is 11.3 Å². The van der Waals surface area contributed by atoms with Gasteiger partial charge in [-0.05, 0) is 36.2 Å². The molecule has 0 fully saturated rings. The second kappa shape index (κ2) is 9.45. The zero-order chi connectivity index (χ0) is 18.3. The summed E-state index contributed by atoms with van der Waals surface area (Å²) in [5.41, 5.74) is 0.986. The van der Waals surface area contributed by atoms with E-state index in [4.69, 9.17) is 4.74 Å². The summed E-state index contributed by atoms with van der Waals surface area (Å²) in [4.78, 5) is 0. The van der Waals surface area contributed by atoms with Crippen molar-refractivity contribution in [2.75, 3.05) is 0 Å². The molecule has 0 saturated carbocycles. The molecule has 0 aliphatic carbocycles. The van der Waals surface area contributed by atoms with Crippen LogP contribution < -0.4 is 0 Å². The summed E-state index contributed by atoms with van der Waals surface area (Å²) in [5.74, 6) is -0.600. The van der Waals surface area contributed by atoms with Gasteiger partial charge >= 0.3 is 6.18 Å². The van der Waals surface area contributed by atoms with Gasteiger partial charge in [0.2, 0.25) is 0 Å². The maximum atomic E-state index is 13.1. The van der Waals surface area contributed by atoms with Crippen molar-refractivity contribution in [3.63, 3.8) is 0 Å². The number of benzene rings is 1. The van der Waals surface area contributed by atoms with Crippen molar-refractivity contribution in [1.29, 1.82) is 0 Å². The second-order valence-electron chi connectivity index (χ2n) is 7.17. The van der Waals surface area contributed by atoms with Crippen LogP contribution >= 0.6 is 0 Å². The summed E-state index contributed by atoms with van der Waals surface area (Å²) in [6.45, 7) is 9.36. The van der Waals surface area contributed by atoms with Crippen LogP contribution in [0.15, 0.2) is 30.3 Å². The predicted octanol–water partition coefficient (Wildman–Crippen LogP) is 6.44. The van der Waals surface area contributed by atoms with Crippen LogP contribution in [-0.4, -0.2) is 12.3 Å². The van der Waals surface area contributed by atoms with Crippen molar-refractivity contribution < 1.29 is 17.9 Å². The van der Waals surface area contributed by atoms with Crippen LogP contribution in [0.4, 0.5) is 13.2 Å². The van der Waals surface area contributed by atoms with E-state index in [0.29, 0.717) is 6.61 Å². The van der Waals surface area contributed by atoms with Crippen molar-refractivity contribution >= 4 is 0 Å². The highest BCUT2D eigenvalue weighted by atomic mass is 19.4. The Morgan fingerprint density at radius 3 is 2.12 bits per heavy atom. The smallest absolute Gasteiger partial charge is 0.373 e. The van der Waals surface area contributed by atoms with E-state index >= 15 is 0 Å². The maximum absolute atomic E-state index is 13.1. The molecule has 1 aromatic carbocycles. The van der Waals surface area contributed by atoms with E-state index in [1.165, 1.54) is 12.8 Å². The summed E-state index contributed by atoms with van der Waals surface area (Å²) in [7, 11) is 0. The normalized spacial score (nSPS) is 17.5. The number of ether oxygens (including phenoxy) is 1. The van der Waals surface area contributed by atoms with E-state index in [2.05, 4.69) is 0 Å². The Morgan fingerprint density at radius 2 is 1.62 bits per heavy atom. The standard InChI is InChI=1S/C20H30F3O/c1-14(2)11-12-15(3)19(16(4)17(5)20(21,22)23)24-13-18-9-7-6-8-10-18/h6-10,15-17,19H,11-13H2,1-5H3. The van der Waals surface area contributed by atoms with Crippen LogP contribution in [0.1, 0.15) is 53.0 Å². The van der Waals surface area contributed by atoms with Gasteiger partial charge in [-0.2, -0.15) is 13.2 Å². The molecule has 4 atom stereocenters. The van der Waals surface area contributed by atoms with Gasteiger partial charge in [-0.3, -0.25) is 0 Å². The van der Waals surface area contributed by atoms with E-state index in [9.17, 15) is 13.2 Å².